The lowest BCUT2D eigenvalue weighted by atomic mass is 9.81. The van der Waals surface area contributed by atoms with Crippen molar-refractivity contribution in [2.24, 2.45) is 11.3 Å². The zero-order chi connectivity index (χ0) is 23.4. The van der Waals surface area contributed by atoms with Crippen LogP contribution in [0.4, 0.5) is 0 Å². The Morgan fingerprint density at radius 2 is 1.73 bits per heavy atom. The van der Waals surface area contributed by atoms with Crippen LogP contribution in [0.25, 0.3) is 0 Å². The number of carboxylic acids is 1. The van der Waals surface area contributed by atoms with Crippen LogP contribution >= 0.6 is 0 Å². The summed E-state index contributed by atoms with van der Waals surface area (Å²) in [6.45, 7) is 14.0. The third kappa shape index (κ3) is 6.06. The lowest BCUT2D eigenvalue weighted by Crippen LogP contribution is -2.62. The second-order valence-electron chi connectivity index (χ2n) is 10.2. The summed E-state index contributed by atoms with van der Waals surface area (Å²) in [5.41, 5.74) is -1.13. The average Bonchev–Trinajstić information content (AvgIpc) is 2.63. The summed E-state index contributed by atoms with van der Waals surface area (Å²) < 4.78 is 0. The topological polar surface area (TPSA) is 90.0 Å². The second-order valence-corrected chi connectivity index (χ2v) is 10.2. The fourth-order valence-corrected chi connectivity index (χ4v) is 3.88. The molecule has 1 saturated heterocycles. The maximum Gasteiger partial charge on any atom is 0.331 e. The van der Waals surface area contributed by atoms with Crippen molar-refractivity contribution in [2.45, 2.75) is 85.4 Å². The van der Waals surface area contributed by atoms with E-state index in [0.29, 0.717) is 0 Å². The van der Waals surface area contributed by atoms with Crippen LogP contribution in [0.3, 0.4) is 0 Å². The molecule has 2 amide bonds. The molecule has 0 aromatic carbocycles. The Morgan fingerprint density at radius 1 is 1.17 bits per heavy atom. The van der Waals surface area contributed by atoms with Crippen LogP contribution < -0.4 is 5.32 Å². The van der Waals surface area contributed by atoms with E-state index in [1.165, 1.54) is 6.92 Å². The summed E-state index contributed by atoms with van der Waals surface area (Å²) in [7, 11) is 3.63. The van der Waals surface area contributed by atoms with E-state index >= 15 is 0 Å². The van der Waals surface area contributed by atoms with Gasteiger partial charge in [0.1, 0.15) is 6.04 Å². The first-order valence-corrected chi connectivity index (χ1v) is 10.8. The number of carbonyl (C=O) groups excluding carboxylic acids is 2. The van der Waals surface area contributed by atoms with Crippen molar-refractivity contribution in [3.8, 4) is 0 Å². The van der Waals surface area contributed by atoms with Crippen LogP contribution in [0.5, 0.6) is 0 Å². The minimum absolute atomic E-state index is 0.0263. The number of hydrogen-bond donors (Lipinski definition) is 2. The smallest absolute Gasteiger partial charge is 0.331 e. The van der Waals surface area contributed by atoms with Gasteiger partial charge in [-0.05, 0) is 57.7 Å². The van der Waals surface area contributed by atoms with Crippen molar-refractivity contribution < 1.29 is 19.5 Å². The normalized spacial score (nSPS) is 21.7. The lowest BCUT2D eigenvalue weighted by molar-refractivity contribution is -0.144. The molecule has 2 unspecified atom stereocenters. The molecule has 0 spiro atoms. The quantitative estimate of drug-likeness (QED) is 0.615. The Labute approximate surface area is 181 Å². The van der Waals surface area contributed by atoms with Gasteiger partial charge < -0.3 is 15.3 Å². The maximum atomic E-state index is 13.6. The number of hydrogen-bond acceptors (Lipinski definition) is 4. The number of carboxylic acid groups (broad SMARTS) is 1. The highest BCUT2D eigenvalue weighted by atomic mass is 16.4. The van der Waals surface area contributed by atoms with Gasteiger partial charge in [-0.1, -0.05) is 41.0 Å². The molecule has 1 rings (SSSR count). The van der Waals surface area contributed by atoms with Crippen molar-refractivity contribution in [1.29, 1.82) is 0 Å². The molecule has 30 heavy (non-hydrogen) atoms. The summed E-state index contributed by atoms with van der Waals surface area (Å²) in [6.07, 6.45) is 4.50. The predicted octanol–water partition coefficient (Wildman–Crippen LogP) is 2.91. The van der Waals surface area contributed by atoms with Crippen molar-refractivity contribution in [3.05, 3.63) is 11.6 Å². The van der Waals surface area contributed by atoms with Crippen molar-refractivity contribution in [2.75, 3.05) is 20.6 Å². The van der Waals surface area contributed by atoms with Crippen molar-refractivity contribution in [1.82, 2.24) is 15.1 Å². The van der Waals surface area contributed by atoms with Crippen LogP contribution in [0, 0.1) is 11.3 Å². The number of nitrogens with one attached hydrogen (secondary N) is 1. The van der Waals surface area contributed by atoms with Crippen LogP contribution in [0.1, 0.15) is 67.7 Å². The molecule has 0 aromatic rings. The number of rotatable bonds is 7. The molecule has 1 aliphatic rings. The number of likely N-dealkylation sites (tertiary alicyclic amines) is 1. The SMILES string of the molecule is C/C(=C\[C@@](C)(C(C)C)N(C)C(=O)C(NC(=O)C1CCCCN1C)C(C)(C)C)C(=O)O. The van der Waals surface area contributed by atoms with E-state index < -0.39 is 23.0 Å². The molecule has 0 saturated carbocycles. The average molecular weight is 424 g/mol. The molecule has 1 heterocycles. The third-order valence-corrected chi connectivity index (χ3v) is 6.54. The fourth-order valence-electron chi connectivity index (χ4n) is 3.88. The van der Waals surface area contributed by atoms with Gasteiger partial charge in [0.2, 0.25) is 11.8 Å². The zero-order valence-corrected chi connectivity index (χ0v) is 20.2. The van der Waals surface area contributed by atoms with E-state index in [2.05, 4.69) is 5.32 Å². The third-order valence-electron chi connectivity index (χ3n) is 6.54. The van der Waals surface area contributed by atoms with Crippen LogP contribution in [-0.4, -0.2) is 71.0 Å². The molecule has 0 aliphatic carbocycles. The first kappa shape index (κ1) is 26.1. The number of nitrogens with zero attached hydrogens (tertiary/aromatic N) is 2. The number of aliphatic carboxylic acids is 1. The molecule has 0 radical (unpaired) electrons. The Morgan fingerprint density at radius 3 is 2.17 bits per heavy atom. The number of amides is 2. The van der Waals surface area contributed by atoms with Gasteiger partial charge in [0.05, 0.1) is 11.6 Å². The molecule has 0 aromatic heterocycles. The predicted molar refractivity (Wildman–Crippen MR) is 119 cm³/mol. The van der Waals surface area contributed by atoms with Gasteiger partial charge in [-0.2, -0.15) is 0 Å². The Balaban J connectivity index is 3.22. The molecule has 7 heteroatoms. The minimum Gasteiger partial charge on any atom is -0.478 e. The van der Waals surface area contributed by atoms with E-state index in [1.807, 2.05) is 53.5 Å². The summed E-state index contributed by atoms with van der Waals surface area (Å²) in [6, 6.07) is -0.950. The number of likely N-dealkylation sites (N-methyl/N-ethyl adjacent to an activating group) is 2. The van der Waals surface area contributed by atoms with E-state index in [1.54, 1.807) is 18.0 Å². The highest BCUT2D eigenvalue weighted by molar-refractivity contribution is 5.91. The van der Waals surface area contributed by atoms with E-state index in [4.69, 9.17) is 0 Å². The summed E-state index contributed by atoms with van der Waals surface area (Å²) in [5.74, 6) is -1.38. The van der Waals surface area contributed by atoms with Gasteiger partial charge in [0.25, 0.3) is 0 Å². The molecule has 1 fully saturated rings. The minimum atomic E-state index is -1.01. The number of piperidine rings is 1. The largest absolute Gasteiger partial charge is 0.478 e. The van der Waals surface area contributed by atoms with Crippen molar-refractivity contribution >= 4 is 17.8 Å². The fraction of sp³-hybridized carbons (Fsp3) is 0.783. The molecule has 2 N–H and O–H groups in total. The van der Waals surface area contributed by atoms with Crippen LogP contribution in [0.15, 0.2) is 11.6 Å². The zero-order valence-electron chi connectivity index (χ0n) is 20.2. The first-order chi connectivity index (χ1) is 13.6. The van der Waals surface area contributed by atoms with Gasteiger partial charge in [0, 0.05) is 12.6 Å². The highest BCUT2D eigenvalue weighted by Crippen LogP contribution is 2.30. The maximum absolute atomic E-state index is 13.6. The van der Waals surface area contributed by atoms with Crippen molar-refractivity contribution in [3.63, 3.8) is 0 Å². The van der Waals surface area contributed by atoms with Gasteiger partial charge in [-0.15, -0.1) is 0 Å². The Bertz CT molecular complexity index is 680. The van der Waals surface area contributed by atoms with Gasteiger partial charge >= 0.3 is 5.97 Å². The monoisotopic (exact) mass is 423 g/mol. The first-order valence-electron chi connectivity index (χ1n) is 10.8. The molecule has 7 nitrogen and oxygen atoms in total. The van der Waals surface area contributed by atoms with E-state index in [-0.39, 0.29) is 29.3 Å². The molecular weight excluding hydrogens is 382 g/mol. The highest BCUT2D eigenvalue weighted by Gasteiger charge is 2.42. The Kier molecular flexibility index (Phi) is 8.67. The van der Waals surface area contributed by atoms with Crippen LogP contribution in [0.2, 0.25) is 0 Å². The molecular formula is C23H41N3O4. The summed E-state index contributed by atoms with van der Waals surface area (Å²) in [4.78, 5) is 41.7. The summed E-state index contributed by atoms with van der Waals surface area (Å²) >= 11 is 0. The Hall–Kier alpha value is -1.89. The van der Waals surface area contributed by atoms with Crippen LogP contribution in [-0.2, 0) is 14.4 Å². The lowest BCUT2D eigenvalue weighted by Gasteiger charge is -2.44. The second kappa shape index (κ2) is 9.94. The molecule has 172 valence electrons. The molecule has 3 atom stereocenters. The van der Waals surface area contributed by atoms with Gasteiger partial charge in [-0.25, -0.2) is 4.79 Å². The number of carbonyl (C=O) groups is 3. The van der Waals surface area contributed by atoms with E-state index in [9.17, 15) is 19.5 Å². The standard InChI is InChI=1S/C23H41N3O4/c1-15(2)23(7,14-16(3)21(29)30)26(9)20(28)18(22(4,5)6)24-19(27)17-12-10-11-13-25(17)8/h14-15,17-18H,10-13H2,1-9H3,(H,24,27)(H,29,30)/b16-14+/t17?,18?,23-/m0/s1. The molecule has 1 aliphatic heterocycles. The molecule has 0 bridgehead atoms. The summed E-state index contributed by atoms with van der Waals surface area (Å²) in [5, 5.41) is 12.4. The van der Waals surface area contributed by atoms with Gasteiger partial charge in [0.15, 0.2) is 0 Å². The van der Waals surface area contributed by atoms with E-state index in [0.717, 1.165) is 25.8 Å². The van der Waals surface area contributed by atoms with Gasteiger partial charge in [-0.3, -0.25) is 14.5 Å².